The number of ether oxygens (including phenoxy) is 1. The highest BCUT2D eigenvalue weighted by molar-refractivity contribution is 5.49. The van der Waals surface area contributed by atoms with Crippen LogP contribution in [0.15, 0.2) is 36.4 Å². The molecular weight excluding hydrogens is 281 g/mol. The molecule has 2 N–H and O–H groups in total. The van der Waals surface area contributed by atoms with Crippen molar-refractivity contribution in [1.29, 1.82) is 0 Å². The largest absolute Gasteiger partial charge is 0.457 e. The molecule has 0 radical (unpaired) electrons. The first-order valence-corrected chi connectivity index (χ1v) is 5.36. The lowest BCUT2D eigenvalue weighted by atomic mass is 10.2. The van der Waals surface area contributed by atoms with Crippen molar-refractivity contribution in [2.75, 3.05) is 5.73 Å². The van der Waals surface area contributed by atoms with E-state index in [-0.39, 0.29) is 17.2 Å². The number of nitrogens with two attached hydrogens (primary N) is 1. The molecule has 20 heavy (non-hydrogen) atoms. The van der Waals surface area contributed by atoms with Crippen molar-refractivity contribution in [3.63, 3.8) is 0 Å². The number of alkyl halides is 3. The van der Waals surface area contributed by atoms with E-state index in [2.05, 4.69) is 0 Å². The third-order valence-corrected chi connectivity index (χ3v) is 2.38. The van der Waals surface area contributed by atoms with E-state index in [0.717, 1.165) is 36.4 Å². The van der Waals surface area contributed by atoms with Gasteiger partial charge in [0.25, 0.3) is 0 Å². The maximum absolute atomic E-state index is 13.0. The Kier molecular flexibility index (Phi) is 3.52. The Labute approximate surface area is 110 Å². The summed E-state index contributed by atoms with van der Waals surface area (Å²) in [5.41, 5.74) is 4.20. The first-order chi connectivity index (χ1) is 9.25. The van der Waals surface area contributed by atoms with Gasteiger partial charge in [0.1, 0.15) is 11.5 Å². The first kappa shape index (κ1) is 14.1. The molecule has 0 fully saturated rings. The topological polar surface area (TPSA) is 35.2 Å². The third kappa shape index (κ3) is 3.17. The zero-order valence-electron chi connectivity index (χ0n) is 9.84. The van der Waals surface area contributed by atoms with Crippen LogP contribution in [-0.2, 0) is 6.18 Å². The number of halogens is 5. The van der Waals surface area contributed by atoms with Gasteiger partial charge in [0.15, 0.2) is 11.6 Å². The van der Waals surface area contributed by atoms with Crippen LogP contribution in [-0.4, -0.2) is 0 Å². The Bertz CT molecular complexity index is 639. The standard InChI is InChI=1S/C13H8F5NO/c14-11-2-1-9(6-12(11)15)20-10-4-7(13(16,17)18)3-8(19)5-10/h1-6H,19H2. The second kappa shape index (κ2) is 4.99. The summed E-state index contributed by atoms with van der Waals surface area (Å²) >= 11 is 0. The lowest BCUT2D eigenvalue weighted by Gasteiger charge is -2.11. The zero-order valence-corrected chi connectivity index (χ0v) is 9.84. The van der Waals surface area contributed by atoms with Crippen LogP contribution in [0.25, 0.3) is 0 Å². The van der Waals surface area contributed by atoms with E-state index in [1.54, 1.807) is 0 Å². The van der Waals surface area contributed by atoms with Gasteiger partial charge < -0.3 is 10.5 Å². The molecule has 2 rings (SSSR count). The second-order valence-corrected chi connectivity index (χ2v) is 3.97. The van der Waals surface area contributed by atoms with Crippen LogP contribution in [0.4, 0.5) is 27.6 Å². The molecule has 0 spiro atoms. The van der Waals surface area contributed by atoms with Gasteiger partial charge in [0, 0.05) is 17.8 Å². The molecule has 2 aromatic carbocycles. The fraction of sp³-hybridized carbons (Fsp3) is 0.0769. The van der Waals surface area contributed by atoms with Gasteiger partial charge in [-0.3, -0.25) is 0 Å². The van der Waals surface area contributed by atoms with E-state index in [9.17, 15) is 22.0 Å². The Morgan fingerprint density at radius 2 is 1.55 bits per heavy atom. The average molecular weight is 289 g/mol. The highest BCUT2D eigenvalue weighted by Gasteiger charge is 2.31. The third-order valence-electron chi connectivity index (χ3n) is 2.38. The Balaban J connectivity index is 2.33. The maximum Gasteiger partial charge on any atom is 0.416 e. The first-order valence-electron chi connectivity index (χ1n) is 5.36. The molecule has 2 aromatic rings. The van der Waals surface area contributed by atoms with Gasteiger partial charge in [-0.25, -0.2) is 8.78 Å². The van der Waals surface area contributed by atoms with Crippen molar-refractivity contribution in [2.24, 2.45) is 0 Å². The molecule has 0 bridgehead atoms. The Morgan fingerprint density at radius 3 is 2.15 bits per heavy atom. The van der Waals surface area contributed by atoms with Crippen LogP contribution in [0, 0.1) is 11.6 Å². The number of rotatable bonds is 2. The molecule has 0 saturated carbocycles. The van der Waals surface area contributed by atoms with Crippen molar-refractivity contribution in [3.05, 3.63) is 53.6 Å². The van der Waals surface area contributed by atoms with Crippen LogP contribution in [0.5, 0.6) is 11.5 Å². The van der Waals surface area contributed by atoms with E-state index in [1.807, 2.05) is 0 Å². The molecule has 2 nitrogen and oxygen atoms in total. The molecule has 0 atom stereocenters. The lowest BCUT2D eigenvalue weighted by Crippen LogP contribution is -2.06. The highest BCUT2D eigenvalue weighted by Crippen LogP contribution is 2.34. The van der Waals surface area contributed by atoms with Gasteiger partial charge in [-0.2, -0.15) is 13.2 Å². The lowest BCUT2D eigenvalue weighted by molar-refractivity contribution is -0.137. The normalized spacial score (nSPS) is 11.4. The molecule has 0 saturated heterocycles. The molecule has 0 unspecified atom stereocenters. The minimum atomic E-state index is -4.58. The van der Waals surface area contributed by atoms with E-state index in [0.29, 0.717) is 0 Å². The number of hydrogen-bond donors (Lipinski definition) is 1. The fourth-order valence-corrected chi connectivity index (χ4v) is 1.52. The molecular formula is C13H8F5NO. The van der Waals surface area contributed by atoms with E-state index in [1.165, 1.54) is 0 Å². The van der Waals surface area contributed by atoms with Gasteiger partial charge in [-0.05, 0) is 24.3 Å². The van der Waals surface area contributed by atoms with Gasteiger partial charge >= 0.3 is 6.18 Å². The smallest absolute Gasteiger partial charge is 0.416 e. The monoisotopic (exact) mass is 289 g/mol. The van der Waals surface area contributed by atoms with Crippen LogP contribution < -0.4 is 10.5 Å². The zero-order chi connectivity index (χ0) is 14.9. The Hall–Kier alpha value is -2.31. The highest BCUT2D eigenvalue weighted by atomic mass is 19.4. The van der Waals surface area contributed by atoms with Crippen LogP contribution in [0.1, 0.15) is 5.56 Å². The summed E-state index contributed by atoms with van der Waals surface area (Å²) in [6.07, 6.45) is -4.58. The molecule has 0 aliphatic carbocycles. The van der Waals surface area contributed by atoms with Crippen LogP contribution >= 0.6 is 0 Å². The molecule has 0 heterocycles. The van der Waals surface area contributed by atoms with Gasteiger partial charge in [-0.15, -0.1) is 0 Å². The van der Waals surface area contributed by atoms with Crippen molar-refractivity contribution < 1.29 is 26.7 Å². The molecule has 0 aromatic heterocycles. The predicted octanol–water partition coefficient (Wildman–Crippen LogP) is 4.36. The summed E-state index contributed by atoms with van der Waals surface area (Å²) in [4.78, 5) is 0. The van der Waals surface area contributed by atoms with Crippen molar-refractivity contribution in [1.82, 2.24) is 0 Å². The predicted molar refractivity (Wildman–Crippen MR) is 62.3 cm³/mol. The fourth-order valence-electron chi connectivity index (χ4n) is 1.52. The number of anilines is 1. The number of benzene rings is 2. The van der Waals surface area contributed by atoms with Crippen LogP contribution in [0.3, 0.4) is 0 Å². The molecule has 0 aliphatic heterocycles. The quantitative estimate of drug-likeness (QED) is 0.658. The van der Waals surface area contributed by atoms with Gasteiger partial charge in [-0.1, -0.05) is 0 Å². The summed E-state index contributed by atoms with van der Waals surface area (Å²) in [6, 6.07) is 5.24. The average Bonchev–Trinajstić information content (AvgIpc) is 2.32. The Morgan fingerprint density at radius 1 is 0.850 bits per heavy atom. The van der Waals surface area contributed by atoms with Crippen LogP contribution in [0.2, 0.25) is 0 Å². The summed E-state index contributed by atoms with van der Waals surface area (Å²) in [6.45, 7) is 0. The van der Waals surface area contributed by atoms with Gasteiger partial charge in [0.05, 0.1) is 5.56 Å². The van der Waals surface area contributed by atoms with Gasteiger partial charge in [0.2, 0.25) is 0 Å². The minimum Gasteiger partial charge on any atom is -0.457 e. The summed E-state index contributed by atoms with van der Waals surface area (Å²) in [5, 5.41) is 0. The number of nitrogen functional groups attached to an aromatic ring is 1. The molecule has 0 aliphatic rings. The van der Waals surface area contributed by atoms with E-state index in [4.69, 9.17) is 10.5 Å². The van der Waals surface area contributed by atoms with Crippen molar-refractivity contribution in [3.8, 4) is 11.5 Å². The summed E-state index contributed by atoms with van der Waals surface area (Å²) < 4.78 is 68.5. The van der Waals surface area contributed by atoms with Crippen molar-refractivity contribution in [2.45, 2.75) is 6.18 Å². The summed E-state index contributed by atoms with van der Waals surface area (Å²) in [5.74, 6) is -2.60. The van der Waals surface area contributed by atoms with E-state index >= 15 is 0 Å². The molecule has 106 valence electrons. The maximum atomic E-state index is 13.0. The second-order valence-electron chi connectivity index (χ2n) is 3.97. The van der Waals surface area contributed by atoms with E-state index < -0.39 is 23.4 Å². The minimum absolute atomic E-state index is 0.136. The summed E-state index contributed by atoms with van der Waals surface area (Å²) in [7, 11) is 0. The SMILES string of the molecule is Nc1cc(Oc2ccc(F)c(F)c2)cc(C(F)(F)F)c1. The van der Waals surface area contributed by atoms with Crippen molar-refractivity contribution >= 4 is 5.69 Å². The number of hydrogen-bond acceptors (Lipinski definition) is 2. The molecule has 0 amide bonds. The molecule has 7 heteroatoms.